The van der Waals surface area contributed by atoms with Crippen LogP contribution in [0.1, 0.15) is 24.8 Å². The molecule has 6 nitrogen and oxygen atoms in total. The number of phenols is 1. The molecule has 5 rings (SSSR count). The first-order valence-electron chi connectivity index (χ1n) is 8.61. The summed E-state index contributed by atoms with van der Waals surface area (Å²) in [5.74, 6) is 0.0191. The fourth-order valence-electron chi connectivity index (χ4n) is 4.67. The van der Waals surface area contributed by atoms with Crippen LogP contribution in [0.2, 0.25) is 0 Å². The van der Waals surface area contributed by atoms with Crippen molar-refractivity contribution in [2.75, 3.05) is 11.9 Å². The lowest BCUT2D eigenvalue weighted by molar-refractivity contribution is -0.501. The van der Waals surface area contributed by atoms with Crippen LogP contribution in [0.5, 0.6) is 5.75 Å². The van der Waals surface area contributed by atoms with Gasteiger partial charge in [-0.25, -0.2) is 9.98 Å². The van der Waals surface area contributed by atoms with E-state index in [9.17, 15) is 15.0 Å². The average molecular weight is 561 g/mol. The van der Waals surface area contributed by atoms with E-state index >= 15 is 0 Å². The van der Waals surface area contributed by atoms with Crippen LogP contribution in [0.3, 0.4) is 0 Å². The van der Waals surface area contributed by atoms with Gasteiger partial charge in [0.2, 0.25) is 5.36 Å². The van der Waals surface area contributed by atoms with E-state index in [0.717, 1.165) is 39.3 Å². The van der Waals surface area contributed by atoms with Gasteiger partial charge in [-0.1, -0.05) is 22.0 Å². The molecule has 3 heterocycles. The van der Waals surface area contributed by atoms with Crippen molar-refractivity contribution in [3.8, 4) is 5.75 Å². The Hall–Kier alpha value is -1.03. The van der Waals surface area contributed by atoms with Gasteiger partial charge in [0.15, 0.2) is 11.5 Å². The van der Waals surface area contributed by atoms with Crippen molar-refractivity contribution in [3.63, 3.8) is 0 Å². The number of aliphatic imine (C=N–C) groups is 1. The van der Waals surface area contributed by atoms with Gasteiger partial charge in [-0.05, 0) is 38.3 Å². The number of carbonyl (C=O) groups excluding carboxylic acids is 1. The minimum atomic E-state index is -0.848. The molecule has 140 valence electrons. The number of ketones is 1. The molecule has 27 heavy (non-hydrogen) atoms. The number of rotatable bonds is 0. The number of nitrogens with zero attached hydrogens (tertiary/aromatic N) is 1. The number of halogens is 3. The first-order valence-corrected chi connectivity index (χ1v) is 11.1. The van der Waals surface area contributed by atoms with E-state index in [1.54, 1.807) is 0 Å². The molecule has 0 fully saturated rings. The maximum atomic E-state index is 12.3. The molecule has 4 N–H and O–H groups in total. The van der Waals surface area contributed by atoms with E-state index in [-0.39, 0.29) is 16.4 Å². The number of hydrogen-bond donors (Lipinski definition) is 4. The number of fused-ring (bicyclic) bond motifs is 3. The molecular weight excluding hydrogens is 546 g/mol. The lowest BCUT2D eigenvalue weighted by atomic mass is 9.67. The van der Waals surface area contributed by atoms with Crippen molar-refractivity contribution < 1.29 is 20.0 Å². The topological polar surface area (TPSA) is 95.9 Å². The normalized spacial score (nSPS) is 31.0. The highest BCUT2D eigenvalue weighted by atomic mass is 79.9. The number of anilines is 1. The molecule has 0 radical (unpaired) electrons. The minimum Gasteiger partial charge on any atom is -0.504 e. The van der Waals surface area contributed by atoms with E-state index < -0.39 is 11.6 Å². The predicted octanol–water partition coefficient (Wildman–Crippen LogP) is 0.472. The van der Waals surface area contributed by atoms with Gasteiger partial charge in [0, 0.05) is 23.8 Å². The molecule has 1 aromatic carbocycles. The van der Waals surface area contributed by atoms with Crippen LogP contribution in [0.4, 0.5) is 11.4 Å². The summed E-state index contributed by atoms with van der Waals surface area (Å²) in [6.45, 7) is 0.754. The number of carbonyl (C=O) groups is 1. The number of phenolic OH excluding ortho intramolecular Hbond substituents is 1. The van der Waals surface area contributed by atoms with Crippen LogP contribution in [0.15, 0.2) is 15.6 Å². The molecule has 0 saturated heterocycles. The molecule has 0 aromatic heterocycles. The largest absolute Gasteiger partial charge is 0.504 e. The van der Waals surface area contributed by atoms with Gasteiger partial charge in [0.25, 0.3) is 0 Å². The standard InChI is InChI=1S/C18H14Br3N3O3/c19-7-3-18(4-8(20)15(7)26)5-9(25)23-14-11(18)12-10-6(1-2-22-12)17(21)24-13(10)16(14)27/h3,8-9,23,25,27H,1-2,4-5H2/p+1. The lowest BCUT2D eigenvalue weighted by Crippen LogP contribution is -2.83. The maximum Gasteiger partial charge on any atom is 0.214 e. The lowest BCUT2D eigenvalue weighted by Gasteiger charge is -2.42. The van der Waals surface area contributed by atoms with Crippen LogP contribution < -0.4 is 20.9 Å². The van der Waals surface area contributed by atoms with E-state index in [0.29, 0.717) is 28.7 Å². The zero-order valence-corrected chi connectivity index (χ0v) is 18.7. The maximum absolute atomic E-state index is 12.3. The van der Waals surface area contributed by atoms with E-state index in [4.69, 9.17) is 0 Å². The first kappa shape index (κ1) is 18.0. The van der Waals surface area contributed by atoms with Crippen LogP contribution in [0.25, 0.3) is 5.57 Å². The fourth-order valence-corrected chi connectivity index (χ4v) is 7.09. The summed E-state index contributed by atoms with van der Waals surface area (Å²) >= 11 is 10.4. The van der Waals surface area contributed by atoms with Gasteiger partial charge in [-0.15, -0.1) is 0 Å². The molecule has 0 saturated carbocycles. The van der Waals surface area contributed by atoms with Crippen molar-refractivity contribution in [2.45, 2.75) is 35.7 Å². The molecule has 1 aromatic rings. The molecule has 3 unspecified atom stereocenters. The number of aromatic hydroxyl groups is 1. The molecule has 3 aliphatic heterocycles. The number of aliphatic hydroxyl groups is 1. The summed E-state index contributed by atoms with van der Waals surface area (Å²) in [7, 11) is 0. The van der Waals surface area contributed by atoms with Crippen LogP contribution in [0, 0.1) is 0 Å². The Balaban J connectivity index is 1.93. The van der Waals surface area contributed by atoms with Crippen molar-refractivity contribution in [1.29, 1.82) is 0 Å². The Morgan fingerprint density at radius 2 is 2.11 bits per heavy atom. The van der Waals surface area contributed by atoms with Gasteiger partial charge in [-0.3, -0.25) is 4.79 Å². The third kappa shape index (κ3) is 2.41. The highest BCUT2D eigenvalue weighted by Gasteiger charge is 2.49. The second kappa shape index (κ2) is 5.98. The Labute approximate surface area is 179 Å². The van der Waals surface area contributed by atoms with Crippen molar-refractivity contribution >= 4 is 75.1 Å². The second-order valence-corrected chi connectivity index (χ2v) is 10.0. The Morgan fingerprint density at radius 3 is 2.85 bits per heavy atom. The summed E-state index contributed by atoms with van der Waals surface area (Å²) in [4.78, 5) is 20.0. The summed E-state index contributed by atoms with van der Waals surface area (Å²) in [6, 6.07) is 0. The number of benzene rings is 1. The molecule has 0 bridgehead atoms. The zero-order chi connectivity index (χ0) is 19.1. The third-order valence-corrected chi connectivity index (χ3v) is 7.73. The van der Waals surface area contributed by atoms with Gasteiger partial charge >= 0.3 is 0 Å². The van der Waals surface area contributed by atoms with Gasteiger partial charge < -0.3 is 15.5 Å². The molecule has 1 spiro atoms. The molecule has 9 heteroatoms. The summed E-state index contributed by atoms with van der Waals surface area (Å²) in [6.07, 6.45) is 2.74. The highest BCUT2D eigenvalue weighted by Crippen LogP contribution is 2.50. The number of alkyl halides is 1. The zero-order valence-electron chi connectivity index (χ0n) is 13.9. The molecule has 0 amide bonds. The first-order chi connectivity index (χ1) is 12.8. The van der Waals surface area contributed by atoms with Crippen molar-refractivity contribution in [1.82, 2.24) is 0 Å². The number of aliphatic hydroxyl groups excluding tert-OH is 1. The number of nitrogens with one attached hydrogen (secondary N) is 2. The SMILES string of the molecule is O=C1C(Br)=CC2(CC(O)Nc3c(O)c4c5c(c32)=[NH+]CCC=5C(Br)=N4)CC1Br. The Morgan fingerprint density at radius 1 is 1.33 bits per heavy atom. The molecular formula is C18H15Br3N3O3+. The highest BCUT2D eigenvalue weighted by molar-refractivity contribution is 9.18. The predicted molar refractivity (Wildman–Crippen MR) is 112 cm³/mol. The number of Topliss-reactive ketones (excluding diaryl/α,β-unsaturated/α-hetero) is 1. The molecule has 3 atom stereocenters. The summed E-state index contributed by atoms with van der Waals surface area (Å²) in [5.41, 5.74) is 2.34. The summed E-state index contributed by atoms with van der Waals surface area (Å²) < 4.78 is 1.22. The van der Waals surface area contributed by atoms with Gasteiger partial charge in [0.05, 0.1) is 25.8 Å². The monoisotopic (exact) mass is 558 g/mol. The van der Waals surface area contributed by atoms with Crippen molar-refractivity contribution in [3.05, 3.63) is 26.7 Å². The molecule has 4 aliphatic rings. The molecule has 1 aliphatic carbocycles. The third-order valence-electron chi connectivity index (χ3n) is 5.72. The van der Waals surface area contributed by atoms with E-state index in [2.05, 4.69) is 63.1 Å². The van der Waals surface area contributed by atoms with E-state index in [1.807, 2.05) is 6.08 Å². The van der Waals surface area contributed by atoms with Gasteiger partial charge in [-0.2, -0.15) is 0 Å². The summed E-state index contributed by atoms with van der Waals surface area (Å²) in [5, 5.41) is 26.4. The van der Waals surface area contributed by atoms with E-state index in [1.165, 1.54) is 0 Å². The second-order valence-electron chi connectivity index (χ2n) is 7.30. The smallest absolute Gasteiger partial charge is 0.214 e. The fraction of sp³-hybridized carbons (Fsp3) is 0.389. The minimum absolute atomic E-state index is 0.0134. The average Bonchev–Trinajstić information content (AvgIpc) is 2.95. The number of allylic oxidation sites excluding steroid dienone is 2. The van der Waals surface area contributed by atoms with Crippen molar-refractivity contribution in [2.24, 2.45) is 4.99 Å². The number of hydrogen-bond acceptors (Lipinski definition) is 5. The van der Waals surface area contributed by atoms with Crippen LogP contribution >= 0.6 is 47.8 Å². The van der Waals surface area contributed by atoms with Crippen LogP contribution in [-0.4, -0.2) is 38.2 Å². The van der Waals surface area contributed by atoms with Crippen LogP contribution in [-0.2, 0) is 10.2 Å². The Kier molecular flexibility index (Phi) is 3.99. The quantitative estimate of drug-likeness (QED) is 0.274. The Bertz CT molecular complexity index is 1110. The van der Waals surface area contributed by atoms with Gasteiger partial charge in [0.1, 0.15) is 23.1 Å².